The van der Waals surface area contributed by atoms with Crippen LogP contribution in [0.15, 0.2) is 30.5 Å². The molecule has 0 spiro atoms. The standard InChI is InChI=1S/C18H21N5S/c1-3-16-20-18(24-21-16)23-11-9-22(10-12-23)15-7-8-19-17-13(2)5-4-6-14(15)17/h4-8H,3,9-12H2,1-2H3. The summed E-state index contributed by atoms with van der Waals surface area (Å²) in [5.74, 6) is 0.952. The Morgan fingerprint density at radius 2 is 1.88 bits per heavy atom. The third-order valence-corrected chi connectivity index (χ3v) is 5.43. The topological polar surface area (TPSA) is 45.2 Å². The molecule has 0 unspecified atom stereocenters. The van der Waals surface area contributed by atoms with Gasteiger partial charge >= 0.3 is 0 Å². The zero-order chi connectivity index (χ0) is 16.5. The highest BCUT2D eigenvalue weighted by Gasteiger charge is 2.21. The quantitative estimate of drug-likeness (QED) is 0.733. The summed E-state index contributed by atoms with van der Waals surface area (Å²) in [6.45, 7) is 8.17. The van der Waals surface area contributed by atoms with Crippen LogP contribution in [0.5, 0.6) is 0 Å². The Hall–Kier alpha value is -2.21. The van der Waals surface area contributed by atoms with Gasteiger partial charge in [0.05, 0.1) is 5.52 Å². The summed E-state index contributed by atoms with van der Waals surface area (Å²) in [4.78, 5) is 14.0. The van der Waals surface area contributed by atoms with Gasteiger partial charge in [0.15, 0.2) is 0 Å². The molecular weight excluding hydrogens is 318 g/mol. The van der Waals surface area contributed by atoms with Crippen molar-refractivity contribution < 1.29 is 0 Å². The molecule has 0 amide bonds. The molecule has 0 saturated carbocycles. The normalized spacial score (nSPS) is 15.2. The molecule has 5 nitrogen and oxygen atoms in total. The summed E-state index contributed by atoms with van der Waals surface area (Å²) in [7, 11) is 0. The Kier molecular flexibility index (Phi) is 4.06. The van der Waals surface area contributed by atoms with Crippen molar-refractivity contribution >= 4 is 33.3 Å². The van der Waals surface area contributed by atoms with Gasteiger partial charge in [-0.15, -0.1) is 0 Å². The summed E-state index contributed by atoms with van der Waals surface area (Å²) in [5, 5.41) is 2.30. The number of benzene rings is 1. The highest BCUT2D eigenvalue weighted by atomic mass is 32.1. The smallest absolute Gasteiger partial charge is 0.205 e. The van der Waals surface area contributed by atoms with Gasteiger partial charge < -0.3 is 9.80 Å². The number of hydrogen-bond donors (Lipinski definition) is 0. The minimum absolute atomic E-state index is 0.902. The van der Waals surface area contributed by atoms with Crippen LogP contribution in [0.2, 0.25) is 0 Å². The molecule has 124 valence electrons. The van der Waals surface area contributed by atoms with Crippen LogP contribution < -0.4 is 9.80 Å². The van der Waals surface area contributed by atoms with Crippen LogP contribution in [0.25, 0.3) is 10.9 Å². The first-order chi connectivity index (χ1) is 11.8. The molecular formula is C18H21N5S. The van der Waals surface area contributed by atoms with E-state index in [-0.39, 0.29) is 0 Å². The molecule has 4 rings (SSSR count). The van der Waals surface area contributed by atoms with Crippen molar-refractivity contribution in [2.45, 2.75) is 20.3 Å². The Balaban J connectivity index is 1.55. The van der Waals surface area contributed by atoms with Crippen molar-refractivity contribution in [3.63, 3.8) is 0 Å². The van der Waals surface area contributed by atoms with Crippen molar-refractivity contribution in [1.29, 1.82) is 0 Å². The number of para-hydroxylation sites is 1. The highest BCUT2D eigenvalue weighted by Crippen LogP contribution is 2.29. The van der Waals surface area contributed by atoms with Crippen LogP contribution in [0, 0.1) is 6.92 Å². The van der Waals surface area contributed by atoms with Crippen LogP contribution in [-0.2, 0) is 6.42 Å². The van der Waals surface area contributed by atoms with E-state index in [4.69, 9.17) is 0 Å². The molecule has 3 aromatic rings. The van der Waals surface area contributed by atoms with Crippen LogP contribution in [0.1, 0.15) is 18.3 Å². The molecule has 1 aromatic carbocycles. The van der Waals surface area contributed by atoms with E-state index in [0.29, 0.717) is 0 Å². The second-order valence-corrected chi connectivity index (χ2v) is 6.85. The van der Waals surface area contributed by atoms with Crippen LogP contribution in [-0.4, -0.2) is 40.5 Å². The van der Waals surface area contributed by atoms with Gasteiger partial charge in [-0.25, -0.2) is 4.98 Å². The fourth-order valence-electron chi connectivity index (χ4n) is 3.24. The molecule has 0 aliphatic carbocycles. The highest BCUT2D eigenvalue weighted by molar-refractivity contribution is 7.09. The molecule has 6 heteroatoms. The molecule has 1 aliphatic heterocycles. The molecule has 0 atom stereocenters. The van der Waals surface area contributed by atoms with E-state index in [1.807, 2.05) is 6.20 Å². The molecule has 0 N–H and O–H groups in total. The number of anilines is 2. The molecule has 24 heavy (non-hydrogen) atoms. The Bertz CT molecular complexity index is 851. The maximum Gasteiger partial charge on any atom is 0.205 e. The lowest BCUT2D eigenvalue weighted by molar-refractivity contribution is 0.652. The number of piperazine rings is 1. The predicted octanol–water partition coefficient (Wildman–Crippen LogP) is 3.28. The SMILES string of the molecule is CCc1nsc(N2CCN(c3ccnc4c(C)cccc34)CC2)n1. The summed E-state index contributed by atoms with van der Waals surface area (Å²) in [6.07, 6.45) is 2.83. The number of aryl methyl sites for hydroxylation is 2. The number of nitrogens with zero attached hydrogens (tertiary/aromatic N) is 5. The molecule has 0 bridgehead atoms. The molecule has 0 radical (unpaired) electrons. The molecule has 1 saturated heterocycles. The fraction of sp³-hybridized carbons (Fsp3) is 0.389. The van der Waals surface area contributed by atoms with Crippen molar-refractivity contribution in [2.24, 2.45) is 0 Å². The van der Waals surface area contributed by atoms with E-state index in [1.165, 1.54) is 28.2 Å². The van der Waals surface area contributed by atoms with Crippen molar-refractivity contribution in [3.8, 4) is 0 Å². The van der Waals surface area contributed by atoms with E-state index in [0.717, 1.165) is 49.1 Å². The summed E-state index contributed by atoms with van der Waals surface area (Å²) in [6, 6.07) is 8.55. The van der Waals surface area contributed by atoms with E-state index < -0.39 is 0 Å². The van der Waals surface area contributed by atoms with Gasteiger partial charge in [0.1, 0.15) is 5.82 Å². The van der Waals surface area contributed by atoms with Crippen LogP contribution in [0.3, 0.4) is 0 Å². The predicted molar refractivity (Wildman–Crippen MR) is 100 cm³/mol. The van der Waals surface area contributed by atoms with Gasteiger partial charge in [0.2, 0.25) is 5.13 Å². The Morgan fingerprint density at radius 3 is 2.62 bits per heavy atom. The number of fused-ring (bicyclic) bond motifs is 1. The molecule has 3 heterocycles. The van der Waals surface area contributed by atoms with Gasteiger partial charge in [-0.3, -0.25) is 4.98 Å². The second kappa shape index (κ2) is 6.36. The van der Waals surface area contributed by atoms with Gasteiger partial charge in [0, 0.05) is 61.4 Å². The first-order valence-corrected chi connectivity index (χ1v) is 9.20. The van der Waals surface area contributed by atoms with Gasteiger partial charge in [0.25, 0.3) is 0 Å². The third kappa shape index (κ3) is 2.71. The van der Waals surface area contributed by atoms with E-state index >= 15 is 0 Å². The zero-order valence-corrected chi connectivity index (χ0v) is 14.9. The van der Waals surface area contributed by atoms with Gasteiger partial charge in [-0.1, -0.05) is 25.1 Å². The summed E-state index contributed by atoms with van der Waals surface area (Å²) in [5.41, 5.74) is 3.62. The number of rotatable bonds is 3. The van der Waals surface area contributed by atoms with Crippen molar-refractivity contribution in [1.82, 2.24) is 14.3 Å². The molecule has 1 aliphatic rings. The maximum absolute atomic E-state index is 4.62. The first-order valence-electron chi connectivity index (χ1n) is 8.43. The zero-order valence-electron chi connectivity index (χ0n) is 14.1. The van der Waals surface area contributed by atoms with E-state index in [9.17, 15) is 0 Å². The van der Waals surface area contributed by atoms with E-state index in [2.05, 4.69) is 62.3 Å². The molecule has 2 aromatic heterocycles. The third-order valence-electron chi connectivity index (χ3n) is 4.61. The maximum atomic E-state index is 4.62. The first kappa shape index (κ1) is 15.3. The lowest BCUT2D eigenvalue weighted by Crippen LogP contribution is -2.46. The van der Waals surface area contributed by atoms with Crippen molar-refractivity contribution in [3.05, 3.63) is 41.9 Å². The Labute approximate surface area is 146 Å². The Morgan fingerprint density at radius 1 is 1.08 bits per heavy atom. The number of hydrogen-bond acceptors (Lipinski definition) is 6. The van der Waals surface area contributed by atoms with Gasteiger partial charge in [-0.05, 0) is 18.6 Å². The number of pyridine rings is 1. The average molecular weight is 339 g/mol. The minimum Gasteiger partial charge on any atom is -0.367 e. The lowest BCUT2D eigenvalue weighted by atomic mass is 10.1. The lowest BCUT2D eigenvalue weighted by Gasteiger charge is -2.36. The fourth-order valence-corrected chi connectivity index (χ4v) is 4.04. The summed E-state index contributed by atoms with van der Waals surface area (Å²) < 4.78 is 4.40. The van der Waals surface area contributed by atoms with Crippen LogP contribution >= 0.6 is 11.5 Å². The minimum atomic E-state index is 0.902. The average Bonchev–Trinajstić information content (AvgIpc) is 3.11. The monoisotopic (exact) mass is 339 g/mol. The number of aromatic nitrogens is 3. The summed E-state index contributed by atoms with van der Waals surface area (Å²) >= 11 is 1.52. The van der Waals surface area contributed by atoms with E-state index in [1.54, 1.807) is 0 Å². The van der Waals surface area contributed by atoms with Crippen LogP contribution in [0.4, 0.5) is 10.8 Å². The largest absolute Gasteiger partial charge is 0.367 e. The second-order valence-electron chi connectivity index (χ2n) is 6.12. The van der Waals surface area contributed by atoms with Crippen molar-refractivity contribution in [2.75, 3.05) is 36.0 Å². The van der Waals surface area contributed by atoms with Gasteiger partial charge in [-0.2, -0.15) is 4.37 Å². The molecule has 1 fully saturated rings.